The molecule has 10 heteroatoms. The van der Waals surface area contributed by atoms with E-state index >= 15 is 0 Å². The highest BCUT2D eigenvalue weighted by molar-refractivity contribution is 7.94. The van der Waals surface area contributed by atoms with Crippen molar-refractivity contribution in [1.29, 1.82) is 0 Å². The summed E-state index contributed by atoms with van der Waals surface area (Å²) < 4.78 is 96.0. The molecule has 0 atom stereocenters. The molecule has 0 aliphatic rings. The molecule has 19 heavy (non-hydrogen) atoms. The average molecular weight is 313 g/mol. The van der Waals surface area contributed by atoms with Gasteiger partial charge in [-0.15, -0.1) is 0 Å². The molecule has 0 unspecified atom stereocenters. The van der Waals surface area contributed by atoms with E-state index in [0.29, 0.717) is 6.42 Å². The number of halogens is 6. The van der Waals surface area contributed by atoms with E-state index in [1.54, 1.807) is 6.92 Å². The second kappa shape index (κ2) is 7.01. The molecule has 0 aromatic heterocycles. The Kier molecular flexibility index (Phi) is 6.67. The van der Waals surface area contributed by atoms with Gasteiger partial charge in [0.15, 0.2) is 9.84 Å². The fourth-order valence-corrected chi connectivity index (χ4v) is 2.32. The van der Waals surface area contributed by atoms with Crippen LogP contribution in [-0.2, 0) is 9.84 Å². The van der Waals surface area contributed by atoms with Crippen LogP contribution in [0.3, 0.4) is 0 Å². The monoisotopic (exact) mass is 313 g/mol. The first-order valence-electron chi connectivity index (χ1n) is 5.14. The van der Waals surface area contributed by atoms with E-state index in [9.17, 15) is 34.8 Å². The van der Waals surface area contributed by atoms with E-state index in [1.165, 1.54) is 0 Å². The Morgan fingerprint density at radius 1 is 1.26 bits per heavy atom. The molecule has 0 saturated carbocycles. The summed E-state index contributed by atoms with van der Waals surface area (Å²) in [5.74, 6) is -7.00. The zero-order valence-corrected chi connectivity index (χ0v) is 10.7. The predicted molar refractivity (Wildman–Crippen MR) is 57.1 cm³/mol. The van der Waals surface area contributed by atoms with Crippen molar-refractivity contribution >= 4 is 9.84 Å². The van der Waals surface area contributed by atoms with Gasteiger partial charge < -0.3 is 5.32 Å². The van der Waals surface area contributed by atoms with Crippen LogP contribution in [0.1, 0.15) is 13.3 Å². The molecule has 3 nitrogen and oxygen atoms in total. The largest absolute Gasteiger partial charge is 0.383 e. The number of alkyl halides is 6. The third-order valence-corrected chi connectivity index (χ3v) is 3.23. The molecular weight excluding hydrogens is 300 g/mol. The lowest BCUT2D eigenvalue weighted by atomic mass is 10.4. The van der Waals surface area contributed by atoms with Crippen LogP contribution < -0.4 is 5.32 Å². The maximum absolute atomic E-state index is 12.6. The molecule has 0 aliphatic carbocycles. The first-order valence-corrected chi connectivity index (χ1v) is 6.85. The van der Waals surface area contributed by atoms with Crippen LogP contribution in [-0.4, -0.2) is 39.5 Å². The number of hydrogen-bond acceptors (Lipinski definition) is 3. The zero-order valence-electron chi connectivity index (χ0n) is 9.85. The van der Waals surface area contributed by atoms with Crippen molar-refractivity contribution in [2.75, 3.05) is 12.3 Å². The molecule has 1 N–H and O–H groups in total. The van der Waals surface area contributed by atoms with Crippen LogP contribution >= 0.6 is 0 Å². The first-order chi connectivity index (χ1) is 8.52. The molecule has 0 heterocycles. The van der Waals surface area contributed by atoms with E-state index in [1.807, 2.05) is 5.32 Å². The Morgan fingerprint density at radius 3 is 2.16 bits per heavy atom. The van der Waals surface area contributed by atoms with Gasteiger partial charge in [0, 0.05) is 6.54 Å². The highest BCUT2D eigenvalue weighted by Gasteiger charge is 2.44. The van der Waals surface area contributed by atoms with Crippen molar-refractivity contribution in [1.82, 2.24) is 5.32 Å². The standard InChI is InChI=1S/C9H13F6NO2S/c1-2-3-16-6(7(10)11)4-19(17,18)5-9(14,15)8(12)13/h4,7-8,16H,2-3,5H2,1H3/b6-4+. The predicted octanol–water partition coefficient (Wildman–Crippen LogP) is 2.41. The van der Waals surface area contributed by atoms with Crippen LogP contribution in [0.5, 0.6) is 0 Å². The summed E-state index contributed by atoms with van der Waals surface area (Å²) in [6.07, 6.45) is -7.03. The lowest BCUT2D eigenvalue weighted by Gasteiger charge is -2.15. The van der Waals surface area contributed by atoms with Gasteiger partial charge in [-0.3, -0.25) is 0 Å². The maximum atomic E-state index is 12.6. The summed E-state index contributed by atoms with van der Waals surface area (Å²) >= 11 is 0. The minimum atomic E-state index is -4.89. The van der Waals surface area contributed by atoms with E-state index in [4.69, 9.17) is 0 Å². The Bertz CT molecular complexity index is 407. The number of allylic oxidation sites excluding steroid dienone is 1. The van der Waals surface area contributed by atoms with E-state index in [2.05, 4.69) is 0 Å². The number of rotatable bonds is 8. The van der Waals surface area contributed by atoms with Crippen molar-refractivity contribution in [3.05, 3.63) is 11.1 Å². The summed E-state index contributed by atoms with van der Waals surface area (Å²) in [6.45, 7) is 1.60. The second-order valence-electron chi connectivity index (χ2n) is 3.67. The highest BCUT2D eigenvalue weighted by Crippen LogP contribution is 2.25. The van der Waals surface area contributed by atoms with Crippen molar-refractivity contribution in [3.8, 4) is 0 Å². The summed E-state index contributed by atoms with van der Waals surface area (Å²) in [6, 6.07) is 0. The summed E-state index contributed by atoms with van der Waals surface area (Å²) in [4.78, 5) is 0. The second-order valence-corrected chi connectivity index (χ2v) is 5.52. The molecule has 0 rings (SSSR count). The minimum Gasteiger partial charge on any atom is -0.383 e. The molecule has 0 radical (unpaired) electrons. The van der Waals surface area contributed by atoms with E-state index in [-0.39, 0.29) is 12.0 Å². The average Bonchev–Trinajstić information content (AvgIpc) is 2.21. The van der Waals surface area contributed by atoms with Gasteiger partial charge in [0.05, 0.1) is 11.1 Å². The smallest absolute Gasteiger partial charge is 0.321 e. The van der Waals surface area contributed by atoms with Gasteiger partial charge in [-0.2, -0.15) is 8.78 Å². The van der Waals surface area contributed by atoms with Crippen LogP contribution in [0.2, 0.25) is 0 Å². The first kappa shape index (κ1) is 18.1. The van der Waals surface area contributed by atoms with Crippen molar-refractivity contribution < 1.29 is 34.8 Å². The van der Waals surface area contributed by atoms with Crippen molar-refractivity contribution in [2.24, 2.45) is 0 Å². The maximum Gasteiger partial charge on any atom is 0.321 e. The summed E-state index contributed by atoms with van der Waals surface area (Å²) in [5, 5.41) is 1.92. The Labute approximate surface area is 106 Å². The molecule has 0 aromatic rings. The molecule has 0 aliphatic heterocycles. The SMILES string of the molecule is CCCN/C(=C/S(=O)(=O)CC(F)(F)C(F)F)C(F)F. The molecule has 0 saturated heterocycles. The fraction of sp³-hybridized carbons (Fsp3) is 0.778. The van der Waals surface area contributed by atoms with Gasteiger partial charge >= 0.3 is 12.3 Å². The quantitative estimate of drug-likeness (QED) is 0.700. The summed E-state index contributed by atoms with van der Waals surface area (Å²) in [7, 11) is -4.89. The fourth-order valence-electron chi connectivity index (χ4n) is 1.01. The van der Waals surface area contributed by atoms with Crippen molar-refractivity contribution in [2.45, 2.75) is 32.1 Å². The van der Waals surface area contributed by atoms with Gasteiger partial charge in [0.1, 0.15) is 5.75 Å². The zero-order chi connectivity index (χ0) is 15.3. The van der Waals surface area contributed by atoms with Gasteiger partial charge in [-0.1, -0.05) is 6.92 Å². The van der Waals surface area contributed by atoms with Gasteiger partial charge in [-0.25, -0.2) is 26.0 Å². The Balaban J connectivity index is 5.08. The number of sulfone groups is 1. The van der Waals surface area contributed by atoms with Gasteiger partial charge in [0.25, 0.3) is 6.43 Å². The molecule has 0 spiro atoms. The molecule has 0 aromatic carbocycles. The molecular formula is C9H13F6NO2S. The lowest BCUT2D eigenvalue weighted by molar-refractivity contribution is -0.110. The molecule has 0 amide bonds. The van der Waals surface area contributed by atoms with Crippen LogP contribution in [0.4, 0.5) is 26.3 Å². The Hall–Kier alpha value is -0.930. The number of nitrogens with one attached hydrogen (secondary N) is 1. The van der Waals surface area contributed by atoms with Crippen LogP contribution in [0.15, 0.2) is 11.1 Å². The summed E-state index contributed by atoms with van der Waals surface area (Å²) in [5.41, 5.74) is -1.09. The normalized spacial score (nSPS) is 14.3. The lowest BCUT2D eigenvalue weighted by Crippen LogP contribution is -2.35. The third-order valence-electron chi connectivity index (χ3n) is 1.83. The minimum absolute atomic E-state index is 0.00304. The van der Waals surface area contributed by atoms with Crippen molar-refractivity contribution in [3.63, 3.8) is 0 Å². The van der Waals surface area contributed by atoms with Crippen LogP contribution in [0, 0.1) is 0 Å². The Morgan fingerprint density at radius 2 is 1.79 bits per heavy atom. The van der Waals surface area contributed by atoms with E-state index < -0.39 is 40.1 Å². The van der Waals surface area contributed by atoms with E-state index in [0.717, 1.165) is 0 Å². The van der Waals surface area contributed by atoms with Gasteiger partial charge in [-0.05, 0) is 6.42 Å². The highest BCUT2D eigenvalue weighted by atomic mass is 32.2. The molecule has 0 bridgehead atoms. The van der Waals surface area contributed by atoms with Crippen LogP contribution in [0.25, 0.3) is 0 Å². The molecule has 0 fully saturated rings. The topological polar surface area (TPSA) is 46.2 Å². The van der Waals surface area contributed by atoms with Gasteiger partial charge in [0.2, 0.25) is 0 Å². The number of hydrogen-bond donors (Lipinski definition) is 1. The molecule has 114 valence electrons. The third kappa shape index (κ3) is 6.69.